The molecule has 0 unspecified atom stereocenters. The van der Waals surface area contributed by atoms with Crippen LogP contribution < -0.4 is 0 Å². The zero-order valence-electron chi connectivity index (χ0n) is 46.6. The Morgan fingerprint density at radius 1 is 0.530 bits per heavy atom. The molecule has 386 valence electrons. The fourth-order valence-corrected chi connectivity index (χ4v) is 13.2. The highest BCUT2D eigenvalue weighted by molar-refractivity contribution is 6.75. The summed E-state index contributed by atoms with van der Waals surface area (Å²) in [6.07, 6.45) is 29.1. The maximum absolute atomic E-state index is 7.41. The van der Waals surface area contributed by atoms with Crippen LogP contribution in [0, 0.1) is 0 Å². The van der Waals surface area contributed by atoms with E-state index in [1.54, 1.807) is 0 Å². The Hall–Kier alpha value is -0.369. The van der Waals surface area contributed by atoms with Crippen molar-refractivity contribution in [3.63, 3.8) is 0 Å². The third-order valence-corrected chi connectivity index (χ3v) is 30.2. The molecule has 0 radical (unpaired) electrons. The molecule has 1 aromatic carbocycles. The Bertz CT molecular complexity index is 1420. The molecule has 2 saturated heterocycles. The van der Waals surface area contributed by atoms with Crippen LogP contribution in [0.4, 0.5) is 0 Å². The second-order valence-corrected chi connectivity index (χ2v) is 39.8. The third-order valence-electron chi connectivity index (χ3n) is 16.7. The molecule has 3 rings (SSSR count). The minimum absolute atomic E-state index is 0.00172. The van der Waals surface area contributed by atoms with E-state index in [0.29, 0.717) is 6.61 Å². The lowest BCUT2D eigenvalue weighted by atomic mass is 9.99. The fourth-order valence-electron chi connectivity index (χ4n) is 9.11. The summed E-state index contributed by atoms with van der Waals surface area (Å²) in [6.45, 7) is 39.5. The number of rotatable bonds is 33. The summed E-state index contributed by atoms with van der Waals surface area (Å²) in [4.78, 5) is 0. The summed E-state index contributed by atoms with van der Waals surface area (Å²) in [6, 6.07) is 10.5. The number of ether oxygens (including phenoxy) is 3. The topological polar surface area (TPSA) is 55.4 Å². The molecule has 1 aromatic rings. The molecule has 6 nitrogen and oxygen atoms in total. The summed E-state index contributed by atoms with van der Waals surface area (Å²) in [7, 11) is -6.22. The van der Waals surface area contributed by atoms with Crippen molar-refractivity contribution in [2.24, 2.45) is 0 Å². The molecule has 2 heterocycles. The van der Waals surface area contributed by atoms with E-state index in [1.165, 1.54) is 102 Å². The van der Waals surface area contributed by atoms with Crippen molar-refractivity contribution < 1.29 is 27.5 Å². The first kappa shape index (κ1) is 59.9. The maximum Gasteiger partial charge on any atom is 0.192 e. The van der Waals surface area contributed by atoms with Crippen LogP contribution >= 0.6 is 0 Å². The zero-order valence-corrected chi connectivity index (χ0v) is 49.6. The van der Waals surface area contributed by atoms with E-state index in [1.807, 2.05) is 0 Å². The van der Waals surface area contributed by atoms with Gasteiger partial charge in [0.05, 0.1) is 43.2 Å². The average Bonchev–Trinajstić information content (AvgIpc) is 3.87. The highest BCUT2D eigenvalue weighted by Crippen LogP contribution is 2.46. The van der Waals surface area contributed by atoms with Crippen LogP contribution in [0.2, 0.25) is 54.4 Å². The molecule has 0 aliphatic carbocycles. The Morgan fingerprint density at radius 2 is 0.970 bits per heavy atom. The molecule has 0 amide bonds. The van der Waals surface area contributed by atoms with E-state index in [0.717, 1.165) is 58.0 Å². The van der Waals surface area contributed by atoms with Crippen LogP contribution in [-0.4, -0.2) is 74.3 Å². The standard InChI is InChI=1S/C57H110O6Si3/c1-17-18-19-20-21-22-23-24-25-26-27-28-29-30-35-41-50(62-65(13,14)56(5,6)7)52-45-53(63-66(15,16)57(8,9)10)54(60-52)51-43-42-48(59-51)49(61-64(11,12)55(2,3)4)40-36-32-37-44-58-46-47-38-33-31-34-39-47/h31,33-34,38-39,48-54H,17-30,32,35-37,40-46H2,1-16H3/t48-,49-,50-,51-,52-,53+,54+/m0/s1. The summed E-state index contributed by atoms with van der Waals surface area (Å²) < 4.78 is 42.8. The first-order valence-corrected chi connectivity index (χ1v) is 36.6. The molecule has 2 fully saturated rings. The Morgan fingerprint density at radius 3 is 1.44 bits per heavy atom. The molecule has 0 spiro atoms. The summed E-state index contributed by atoms with van der Waals surface area (Å²) in [5, 5.41) is 0.365. The van der Waals surface area contributed by atoms with Gasteiger partial charge in [0.15, 0.2) is 25.0 Å². The zero-order chi connectivity index (χ0) is 49.1. The molecule has 66 heavy (non-hydrogen) atoms. The SMILES string of the molecule is CCCCCCCCCCCCCCCCC[C@H](O[Si](C)(C)C(C)(C)C)[C@@H]1C[C@@H](O[Si](C)(C)C(C)(C)C)[C@@H]([C@@H]2CC[C@@H]([C@H](CCCCCOCc3ccccc3)O[Si](C)(C)C(C)(C)C)O2)O1. The third kappa shape index (κ3) is 20.8. The predicted octanol–water partition coefficient (Wildman–Crippen LogP) is 17.9. The fraction of sp³-hybridized carbons (Fsp3) is 0.895. The van der Waals surface area contributed by atoms with Crippen LogP contribution in [0.25, 0.3) is 0 Å². The van der Waals surface area contributed by atoms with Gasteiger partial charge in [0.1, 0.15) is 6.10 Å². The van der Waals surface area contributed by atoms with Gasteiger partial charge in [-0.1, -0.05) is 209 Å². The van der Waals surface area contributed by atoms with Crippen molar-refractivity contribution in [2.45, 2.75) is 321 Å². The number of benzene rings is 1. The number of unbranched alkanes of at least 4 members (excludes halogenated alkanes) is 16. The van der Waals surface area contributed by atoms with Crippen molar-refractivity contribution in [1.82, 2.24) is 0 Å². The largest absolute Gasteiger partial charge is 0.411 e. The summed E-state index contributed by atoms with van der Waals surface area (Å²) in [5.74, 6) is 0. The van der Waals surface area contributed by atoms with Crippen molar-refractivity contribution in [3.05, 3.63) is 35.9 Å². The second-order valence-electron chi connectivity index (χ2n) is 25.5. The number of hydrogen-bond acceptors (Lipinski definition) is 6. The molecule has 2 aliphatic heterocycles. The molecular weight excluding hydrogens is 865 g/mol. The van der Waals surface area contributed by atoms with Gasteiger partial charge in [0.25, 0.3) is 0 Å². The smallest absolute Gasteiger partial charge is 0.192 e. The van der Waals surface area contributed by atoms with Gasteiger partial charge < -0.3 is 27.5 Å². The van der Waals surface area contributed by atoms with Gasteiger partial charge in [0, 0.05) is 13.0 Å². The normalized spacial score (nSPS) is 22.3. The monoisotopic (exact) mass is 975 g/mol. The molecule has 2 aliphatic rings. The van der Waals surface area contributed by atoms with Gasteiger partial charge in [-0.15, -0.1) is 0 Å². The van der Waals surface area contributed by atoms with Crippen LogP contribution in [0.5, 0.6) is 0 Å². The van der Waals surface area contributed by atoms with E-state index in [-0.39, 0.29) is 57.8 Å². The van der Waals surface area contributed by atoms with Gasteiger partial charge in [0.2, 0.25) is 0 Å². The molecule has 0 N–H and O–H groups in total. The van der Waals surface area contributed by atoms with Crippen LogP contribution in [0.1, 0.15) is 222 Å². The molecule has 0 aromatic heterocycles. The van der Waals surface area contributed by atoms with E-state index < -0.39 is 25.0 Å². The van der Waals surface area contributed by atoms with Crippen molar-refractivity contribution in [2.75, 3.05) is 6.61 Å². The van der Waals surface area contributed by atoms with E-state index in [4.69, 9.17) is 27.5 Å². The van der Waals surface area contributed by atoms with Crippen molar-refractivity contribution >= 4 is 25.0 Å². The minimum atomic E-state index is -2.11. The first-order valence-electron chi connectivity index (χ1n) is 27.8. The van der Waals surface area contributed by atoms with Crippen molar-refractivity contribution in [1.29, 1.82) is 0 Å². The van der Waals surface area contributed by atoms with Gasteiger partial charge in [-0.2, -0.15) is 0 Å². The first-order chi connectivity index (χ1) is 30.9. The lowest BCUT2D eigenvalue weighted by Gasteiger charge is -2.41. The molecule has 0 bridgehead atoms. The Labute approximate surface area is 413 Å². The highest BCUT2D eigenvalue weighted by Gasteiger charge is 2.52. The lowest BCUT2D eigenvalue weighted by Crippen LogP contribution is -2.49. The van der Waals surface area contributed by atoms with Crippen LogP contribution in [-0.2, 0) is 34.1 Å². The van der Waals surface area contributed by atoms with E-state index in [2.05, 4.69) is 139 Å². The molecular formula is C57H110O6Si3. The van der Waals surface area contributed by atoms with Crippen molar-refractivity contribution in [3.8, 4) is 0 Å². The predicted molar refractivity (Wildman–Crippen MR) is 291 cm³/mol. The summed E-state index contributed by atoms with van der Waals surface area (Å²) in [5.41, 5.74) is 1.24. The maximum atomic E-state index is 7.41. The van der Waals surface area contributed by atoms with Crippen LogP contribution in [0.15, 0.2) is 30.3 Å². The van der Waals surface area contributed by atoms with Gasteiger partial charge in [-0.05, 0) is 92.1 Å². The molecule has 9 heteroatoms. The Balaban J connectivity index is 1.68. The van der Waals surface area contributed by atoms with Gasteiger partial charge in [-0.25, -0.2) is 0 Å². The van der Waals surface area contributed by atoms with Gasteiger partial charge in [-0.3, -0.25) is 0 Å². The summed E-state index contributed by atoms with van der Waals surface area (Å²) >= 11 is 0. The Kier molecular flexibility index (Phi) is 26.0. The minimum Gasteiger partial charge on any atom is -0.411 e. The highest BCUT2D eigenvalue weighted by atomic mass is 28.4. The van der Waals surface area contributed by atoms with E-state index >= 15 is 0 Å². The molecule has 7 atom stereocenters. The van der Waals surface area contributed by atoms with Crippen LogP contribution in [0.3, 0.4) is 0 Å². The second kappa shape index (κ2) is 28.6. The molecule has 0 saturated carbocycles. The number of hydrogen-bond donors (Lipinski definition) is 0. The quantitative estimate of drug-likeness (QED) is 0.0517. The van der Waals surface area contributed by atoms with Gasteiger partial charge >= 0.3 is 0 Å². The van der Waals surface area contributed by atoms with E-state index in [9.17, 15) is 0 Å². The average molecular weight is 976 g/mol. The lowest BCUT2D eigenvalue weighted by molar-refractivity contribution is -0.120.